The fraction of sp³-hybridized carbons (Fsp3) is 0. The molecule has 98 valence electrons. The number of furan rings is 1. The van der Waals surface area contributed by atoms with Crippen LogP contribution in [0, 0.1) is 13.7 Å². The summed E-state index contributed by atoms with van der Waals surface area (Å²) in [6, 6.07) is 7.32. The summed E-state index contributed by atoms with van der Waals surface area (Å²) in [6.07, 6.45) is 0. The second-order valence-corrected chi connectivity index (χ2v) is 5.07. The quantitative estimate of drug-likeness (QED) is 0.490. The van der Waals surface area contributed by atoms with Gasteiger partial charge in [0.05, 0.1) is 11.8 Å². The summed E-state index contributed by atoms with van der Waals surface area (Å²) in [4.78, 5) is 21.6. The Hall–Kier alpha value is -1.61. The molecule has 0 bridgehead atoms. The number of nitrogens with one attached hydrogen (secondary N) is 1. The monoisotopic (exact) mass is 392 g/mol. The molecular formula is C11H6ClIN2O4. The van der Waals surface area contributed by atoms with Gasteiger partial charge in [-0.2, -0.15) is 0 Å². The smallest absolute Gasteiger partial charge is 0.395 e. The molecule has 0 atom stereocenters. The number of hydrogen-bond acceptors (Lipinski definition) is 4. The Morgan fingerprint density at radius 1 is 1.37 bits per heavy atom. The first-order valence-electron chi connectivity index (χ1n) is 4.98. The van der Waals surface area contributed by atoms with Crippen molar-refractivity contribution in [3.63, 3.8) is 0 Å². The third-order valence-corrected chi connectivity index (χ3v) is 3.30. The Morgan fingerprint density at radius 3 is 2.68 bits per heavy atom. The van der Waals surface area contributed by atoms with Gasteiger partial charge in [-0.3, -0.25) is 14.9 Å². The second kappa shape index (κ2) is 5.57. The van der Waals surface area contributed by atoms with Gasteiger partial charge in [-0.15, -0.1) is 0 Å². The molecule has 0 aliphatic carbocycles. The molecule has 0 radical (unpaired) electrons. The molecule has 0 aliphatic rings. The molecule has 19 heavy (non-hydrogen) atoms. The molecule has 0 unspecified atom stereocenters. The Labute approximate surface area is 126 Å². The van der Waals surface area contributed by atoms with Gasteiger partial charge < -0.3 is 9.73 Å². The lowest BCUT2D eigenvalue weighted by atomic mass is 10.3. The van der Waals surface area contributed by atoms with Crippen LogP contribution in [0.2, 0.25) is 5.02 Å². The lowest BCUT2D eigenvalue weighted by Gasteiger charge is -2.05. The highest BCUT2D eigenvalue weighted by Crippen LogP contribution is 2.23. The van der Waals surface area contributed by atoms with E-state index in [0.717, 1.165) is 9.64 Å². The number of benzene rings is 1. The maximum Gasteiger partial charge on any atom is 0.433 e. The molecule has 0 spiro atoms. The van der Waals surface area contributed by atoms with Crippen molar-refractivity contribution in [2.45, 2.75) is 0 Å². The molecule has 0 saturated heterocycles. The highest BCUT2D eigenvalue weighted by Gasteiger charge is 2.17. The molecule has 0 fully saturated rings. The van der Waals surface area contributed by atoms with Crippen molar-refractivity contribution in [1.29, 1.82) is 0 Å². The zero-order valence-electron chi connectivity index (χ0n) is 9.22. The topological polar surface area (TPSA) is 85.4 Å². The number of nitro groups is 1. The number of nitrogens with zero attached hydrogens (tertiary/aromatic N) is 1. The van der Waals surface area contributed by atoms with E-state index in [2.05, 4.69) is 5.32 Å². The van der Waals surface area contributed by atoms with Crippen molar-refractivity contribution in [2.75, 3.05) is 5.32 Å². The first kappa shape index (κ1) is 13.8. The first-order valence-corrected chi connectivity index (χ1v) is 6.43. The van der Waals surface area contributed by atoms with Crippen molar-refractivity contribution >= 4 is 51.7 Å². The molecule has 1 heterocycles. The zero-order chi connectivity index (χ0) is 14.0. The standard InChI is InChI=1S/C11H6ClIN2O4/c12-6-1-2-8(7(13)5-6)14-11(16)9-3-4-10(19-9)15(17)18/h1-5H,(H,14,16). The number of carbonyl (C=O) groups excluding carboxylic acids is 1. The van der Waals surface area contributed by atoms with Crippen molar-refractivity contribution in [3.8, 4) is 0 Å². The highest BCUT2D eigenvalue weighted by molar-refractivity contribution is 14.1. The minimum absolute atomic E-state index is 0.127. The van der Waals surface area contributed by atoms with Crippen LogP contribution < -0.4 is 5.32 Å². The summed E-state index contributed by atoms with van der Waals surface area (Å²) in [6.45, 7) is 0. The van der Waals surface area contributed by atoms with Gasteiger partial charge in [-0.1, -0.05) is 11.6 Å². The van der Waals surface area contributed by atoms with Crippen LogP contribution in [0.15, 0.2) is 34.7 Å². The summed E-state index contributed by atoms with van der Waals surface area (Å²) >= 11 is 7.81. The van der Waals surface area contributed by atoms with Gasteiger partial charge in [0.25, 0.3) is 5.91 Å². The van der Waals surface area contributed by atoms with E-state index in [1.165, 1.54) is 6.07 Å². The fourth-order valence-electron chi connectivity index (χ4n) is 1.32. The Kier molecular flexibility index (Phi) is 4.05. The van der Waals surface area contributed by atoms with Gasteiger partial charge in [0.2, 0.25) is 0 Å². The van der Waals surface area contributed by atoms with E-state index in [0.29, 0.717) is 10.7 Å². The van der Waals surface area contributed by atoms with Crippen LogP contribution in [0.1, 0.15) is 10.6 Å². The predicted octanol–water partition coefficient (Wildman–Crippen LogP) is 3.70. The molecule has 6 nitrogen and oxygen atoms in total. The van der Waals surface area contributed by atoms with Gasteiger partial charge in [0, 0.05) is 8.59 Å². The molecule has 2 aromatic rings. The van der Waals surface area contributed by atoms with Gasteiger partial charge >= 0.3 is 5.88 Å². The van der Waals surface area contributed by atoms with Crippen LogP contribution in [0.5, 0.6) is 0 Å². The van der Waals surface area contributed by atoms with Crippen LogP contribution in [0.3, 0.4) is 0 Å². The molecule has 1 aromatic heterocycles. The first-order chi connectivity index (χ1) is 8.97. The van der Waals surface area contributed by atoms with E-state index in [4.69, 9.17) is 16.0 Å². The molecular weight excluding hydrogens is 386 g/mol. The van der Waals surface area contributed by atoms with Gasteiger partial charge in [0.15, 0.2) is 5.76 Å². The third kappa shape index (κ3) is 3.24. The summed E-state index contributed by atoms with van der Waals surface area (Å²) in [7, 11) is 0. The third-order valence-electron chi connectivity index (χ3n) is 2.17. The minimum atomic E-state index is -0.706. The van der Waals surface area contributed by atoms with Crippen molar-refractivity contribution in [1.82, 2.24) is 0 Å². The molecule has 2 rings (SSSR count). The number of anilines is 1. The highest BCUT2D eigenvalue weighted by atomic mass is 127. The largest absolute Gasteiger partial charge is 0.433 e. The molecule has 1 N–H and O–H groups in total. The van der Waals surface area contributed by atoms with Crippen LogP contribution in [0.4, 0.5) is 11.6 Å². The van der Waals surface area contributed by atoms with E-state index >= 15 is 0 Å². The number of carbonyl (C=O) groups is 1. The minimum Gasteiger partial charge on any atom is -0.395 e. The van der Waals surface area contributed by atoms with Crippen molar-refractivity contribution in [3.05, 3.63) is 54.8 Å². The Bertz CT molecular complexity index is 656. The lowest BCUT2D eigenvalue weighted by Crippen LogP contribution is -2.11. The Balaban J connectivity index is 2.18. The Morgan fingerprint density at radius 2 is 2.11 bits per heavy atom. The fourth-order valence-corrected chi connectivity index (χ4v) is 2.33. The molecule has 1 amide bonds. The summed E-state index contributed by atoms with van der Waals surface area (Å²) in [5.74, 6) is -1.17. The van der Waals surface area contributed by atoms with E-state index in [9.17, 15) is 14.9 Å². The number of rotatable bonds is 3. The maximum atomic E-state index is 11.8. The lowest BCUT2D eigenvalue weighted by molar-refractivity contribution is -0.402. The zero-order valence-corrected chi connectivity index (χ0v) is 12.1. The van der Waals surface area contributed by atoms with E-state index < -0.39 is 16.7 Å². The average molecular weight is 393 g/mol. The average Bonchev–Trinajstić information content (AvgIpc) is 2.82. The SMILES string of the molecule is O=C(Nc1ccc(Cl)cc1I)c1ccc([N+](=O)[O-])o1. The van der Waals surface area contributed by atoms with E-state index in [1.807, 2.05) is 22.6 Å². The van der Waals surface area contributed by atoms with Gasteiger partial charge in [-0.25, -0.2) is 0 Å². The van der Waals surface area contributed by atoms with Crippen molar-refractivity contribution < 1.29 is 14.1 Å². The molecule has 1 aromatic carbocycles. The maximum absolute atomic E-state index is 11.8. The normalized spacial score (nSPS) is 10.2. The summed E-state index contributed by atoms with van der Waals surface area (Å²) < 4.78 is 5.55. The molecule has 8 heteroatoms. The molecule has 0 saturated carbocycles. The van der Waals surface area contributed by atoms with Crippen molar-refractivity contribution in [2.24, 2.45) is 0 Å². The number of halogens is 2. The number of amides is 1. The van der Waals surface area contributed by atoms with Crippen LogP contribution in [0.25, 0.3) is 0 Å². The predicted molar refractivity (Wildman–Crippen MR) is 77.5 cm³/mol. The van der Waals surface area contributed by atoms with Crippen LogP contribution in [-0.2, 0) is 0 Å². The summed E-state index contributed by atoms with van der Waals surface area (Å²) in [5.41, 5.74) is 0.550. The van der Waals surface area contributed by atoms with E-state index in [1.54, 1.807) is 18.2 Å². The second-order valence-electron chi connectivity index (χ2n) is 3.47. The van der Waals surface area contributed by atoms with E-state index in [-0.39, 0.29) is 5.76 Å². The van der Waals surface area contributed by atoms with Crippen LogP contribution >= 0.6 is 34.2 Å². The van der Waals surface area contributed by atoms with Gasteiger partial charge in [0.1, 0.15) is 4.92 Å². The number of hydrogen-bond donors (Lipinski definition) is 1. The van der Waals surface area contributed by atoms with Crippen LogP contribution in [-0.4, -0.2) is 10.8 Å². The molecule has 0 aliphatic heterocycles. The van der Waals surface area contributed by atoms with Gasteiger partial charge in [-0.05, 0) is 46.9 Å². The summed E-state index contributed by atoms with van der Waals surface area (Å²) in [5, 5.41) is 13.6.